The fourth-order valence-corrected chi connectivity index (χ4v) is 2.89. The fourth-order valence-electron chi connectivity index (χ4n) is 2.89. The van der Waals surface area contributed by atoms with E-state index in [1.807, 2.05) is 72.8 Å². The molecule has 1 aliphatic rings. The van der Waals surface area contributed by atoms with Crippen LogP contribution in [-0.2, 0) is 4.74 Å². The molecule has 28 heavy (non-hydrogen) atoms. The standard InChI is InChI=1S/C23H26O5/c1-4-15-26-23(28-21-12-8-10-19(17-21)25-3)14-6-5-13-22(23)27-20-11-7-9-18(16-20)24-2/h5-14,16-17,22H,4,15H2,1-3H3. The zero-order chi connectivity index (χ0) is 19.8. The third-order valence-corrected chi connectivity index (χ3v) is 4.28. The first-order valence-electron chi connectivity index (χ1n) is 9.33. The Morgan fingerprint density at radius 3 is 2.18 bits per heavy atom. The molecule has 1 aliphatic carbocycles. The lowest BCUT2D eigenvalue weighted by atomic mass is 10.0. The van der Waals surface area contributed by atoms with E-state index in [2.05, 4.69) is 6.92 Å². The van der Waals surface area contributed by atoms with Gasteiger partial charge in [-0.1, -0.05) is 31.2 Å². The molecule has 0 amide bonds. The van der Waals surface area contributed by atoms with E-state index in [9.17, 15) is 0 Å². The van der Waals surface area contributed by atoms with E-state index in [-0.39, 0.29) is 0 Å². The van der Waals surface area contributed by atoms with Crippen LogP contribution in [0.3, 0.4) is 0 Å². The predicted molar refractivity (Wildman–Crippen MR) is 108 cm³/mol. The first kappa shape index (κ1) is 19.8. The van der Waals surface area contributed by atoms with Gasteiger partial charge in [0.25, 0.3) is 5.79 Å². The third kappa shape index (κ3) is 4.67. The molecule has 2 unspecified atom stereocenters. The summed E-state index contributed by atoms with van der Waals surface area (Å²) in [4.78, 5) is 0. The topological polar surface area (TPSA) is 46.2 Å². The van der Waals surface area contributed by atoms with Crippen molar-refractivity contribution in [3.63, 3.8) is 0 Å². The molecular formula is C23H26O5. The molecule has 3 rings (SSSR count). The Morgan fingerprint density at radius 2 is 1.50 bits per heavy atom. The molecule has 0 bridgehead atoms. The van der Waals surface area contributed by atoms with Gasteiger partial charge in [-0.2, -0.15) is 0 Å². The van der Waals surface area contributed by atoms with Crippen LogP contribution in [-0.4, -0.2) is 32.7 Å². The monoisotopic (exact) mass is 382 g/mol. The van der Waals surface area contributed by atoms with Gasteiger partial charge in [0.05, 0.1) is 20.8 Å². The van der Waals surface area contributed by atoms with Crippen molar-refractivity contribution in [3.8, 4) is 23.0 Å². The highest BCUT2D eigenvalue weighted by Gasteiger charge is 2.42. The summed E-state index contributed by atoms with van der Waals surface area (Å²) in [5.41, 5.74) is 0. The maximum Gasteiger partial charge on any atom is 0.271 e. The van der Waals surface area contributed by atoms with Gasteiger partial charge in [-0.3, -0.25) is 0 Å². The normalized spacial score (nSPS) is 20.6. The zero-order valence-electron chi connectivity index (χ0n) is 16.5. The van der Waals surface area contributed by atoms with Gasteiger partial charge in [0, 0.05) is 12.1 Å². The maximum absolute atomic E-state index is 6.33. The van der Waals surface area contributed by atoms with Gasteiger partial charge in [0.2, 0.25) is 0 Å². The molecule has 0 heterocycles. The lowest BCUT2D eigenvalue weighted by Crippen LogP contribution is -2.51. The molecule has 2 aromatic carbocycles. The quantitative estimate of drug-likeness (QED) is 0.584. The summed E-state index contributed by atoms with van der Waals surface area (Å²) in [6, 6.07) is 14.9. The van der Waals surface area contributed by atoms with Crippen LogP contribution < -0.4 is 18.9 Å². The maximum atomic E-state index is 6.33. The van der Waals surface area contributed by atoms with Crippen LogP contribution in [0.25, 0.3) is 0 Å². The average Bonchev–Trinajstić information content (AvgIpc) is 2.74. The summed E-state index contributed by atoms with van der Waals surface area (Å²) in [6.45, 7) is 2.58. The molecule has 0 aliphatic heterocycles. The van der Waals surface area contributed by atoms with Crippen LogP contribution in [0.15, 0.2) is 72.8 Å². The second-order valence-corrected chi connectivity index (χ2v) is 6.31. The van der Waals surface area contributed by atoms with Gasteiger partial charge in [-0.25, -0.2) is 0 Å². The first-order chi connectivity index (χ1) is 13.7. The van der Waals surface area contributed by atoms with E-state index in [0.29, 0.717) is 23.9 Å². The SMILES string of the molecule is CCCOC1(Oc2cccc(OC)c2)C=CC=CC1Oc1cccc(OC)c1. The van der Waals surface area contributed by atoms with Crippen molar-refractivity contribution in [1.82, 2.24) is 0 Å². The lowest BCUT2D eigenvalue weighted by Gasteiger charge is -2.38. The Bertz CT molecular complexity index is 829. The van der Waals surface area contributed by atoms with Gasteiger partial charge in [-0.05, 0) is 42.8 Å². The van der Waals surface area contributed by atoms with E-state index in [4.69, 9.17) is 23.7 Å². The van der Waals surface area contributed by atoms with E-state index in [1.54, 1.807) is 14.2 Å². The number of hydrogen-bond donors (Lipinski definition) is 0. The first-order valence-corrected chi connectivity index (χ1v) is 9.33. The number of rotatable bonds is 9. The van der Waals surface area contributed by atoms with Gasteiger partial charge in [0.1, 0.15) is 23.0 Å². The summed E-state index contributed by atoms with van der Waals surface area (Å²) < 4.78 is 29.4. The fraction of sp³-hybridized carbons (Fsp3) is 0.304. The van der Waals surface area contributed by atoms with Crippen molar-refractivity contribution in [3.05, 3.63) is 72.8 Å². The van der Waals surface area contributed by atoms with Gasteiger partial charge >= 0.3 is 0 Å². The predicted octanol–water partition coefficient (Wildman–Crippen LogP) is 4.78. The molecule has 0 saturated heterocycles. The molecule has 0 spiro atoms. The highest BCUT2D eigenvalue weighted by atomic mass is 16.7. The lowest BCUT2D eigenvalue weighted by molar-refractivity contribution is -0.187. The minimum atomic E-state index is -1.10. The summed E-state index contributed by atoms with van der Waals surface area (Å²) in [5, 5.41) is 0. The number of allylic oxidation sites excluding steroid dienone is 2. The van der Waals surface area contributed by atoms with E-state index in [0.717, 1.165) is 12.2 Å². The number of hydrogen-bond acceptors (Lipinski definition) is 5. The van der Waals surface area contributed by atoms with Crippen LogP contribution >= 0.6 is 0 Å². The molecule has 2 atom stereocenters. The van der Waals surface area contributed by atoms with Gasteiger partial charge < -0.3 is 23.7 Å². The number of methoxy groups -OCH3 is 2. The molecular weight excluding hydrogens is 356 g/mol. The van der Waals surface area contributed by atoms with E-state index >= 15 is 0 Å². The molecule has 5 heteroatoms. The van der Waals surface area contributed by atoms with Crippen molar-refractivity contribution in [2.45, 2.75) is 25.2 Å². The van der Waals surface area contributed by atoms with Gasteiger partial charge in [0.15, 0.2) is 6.10 Å². The Balaban J connectivity index is 1.90. The largest absolute Gasteiger partial charge is 0.497 e. The molecule has 148 valence electrons. The van der Waals surface area contributed by atoms with Crippen molar-refractivity contribution in [2.24, 2.45) is 0 Å². The van der Waals surface area contributed by atoms with Gasteiger partial charge in [-0.15, -0.1) is 0 Å². The number of ether oxygens (including phenoxy) is 5. The molecule has 0 radical (unpaired) electrons. The zero-order valence-corrected chi connectivity index (χ0v) is 16.5. The third-order valence-electron chi connectivity index (χ3n) is 4.28. The Hall–Kier alpha value is -2.92. The average molecular weight is 382 g/mol. The van der Waals surface area contributed by atoms with Crippen LogP contribution in [0, 0.1) is 0 Å². The van der Waals surface area contributed by atoms with Crippen LogP contribution in [0.5, 0.6) is 23.0 Å². The molecule has 0 aromatic heterocycles. The van der Waals surface area contributed by atoms with Crippen molar-refractivity contribution < 1.29 is 23.7 Å². The summed E-state index contributed by atoms with van der Waals surface area (Å²) >= 11 is 0. The summed E-state index contributed by atoms with van der Waals surface area (Å²) in [5.74, 6) is 1.64. The van der Waals surface area contributed by atoms with Crippen LogP contribution in [0.2, 0.25) is 0 Å². The molecule has 0 N–H and O–H groups in total. The Morgan fingerprint density at radius 1 is 0.857 bits per heavy atom. The highest BCUT2D eigenvalue weighted by Crippen LogP contribution is 2.33. The summed E-state index contributed by atoms with van der Waals surface area (Å²) in [6.07, 6.45) is 8.01. The molecule has 2 aromatic rings. The van der Waals surface area contributed by atoms with E-state index < -0.39 is 11.9 Å². The minimum absolute atomic E-state index is 0.484. The highest BCUT2D eigenvalue weighted by molar-refractivity contribution is 5.36. The van der Waals surface area contributed by atoms with E-state index in [1.165, 1.54) is 0 Å². The second kappa shape index (κ2) is 9.33. The summed E-state index contributed by atoms with van der Waals surface area (Å²) in [7, 11) is 3.25. The molecule has 0 fully saturated rings. The Kier molecular flexibility index (Phi) is 6.61. The minimum Gasteiger partial charge on any atom is -0.497 e. The smallest absolute Gasteiger partial charge is 0.271 e. The Labute approximate surface area is 166 Å². The van der Waals surface area contributed by atoms with Crippen molar-refractivity contribution >= 4 is 0 Å². The molecule has 0 saturated carbocycles. The number of benzene rings is 2. The molecule has 5 nitrogen and oxygen atoms in total. The van der Waals surface area contributed by atoms with Crippen molar-refractivity contribution in [2.75, 3.05) is 20.8 Å². The van der Waals surface area contributed by atoms with Crippen LogP contribution in [0.1, 0.15) is 13.3 Å². The van der Waals surface area contributed by atoms with Crippen molar-refractivity contribution in [1.29, 1.82) is 0 Å². The van der Waals surface area contributed by atoms with Crippen LogP contribution in [0.4, 0.5) is 0 Å². The second-order valence-electron chi connectivity index (χ2n) is 6.31.